The minimum Gasteiger partial charge on any atom is -0.502 e. The van der Waals surface area contributed by atoms with E-state index < -0.39 is 0 Å². The van der Waals surface area contributed by atoms with E-state index in [0.717, 1.165) is 32.3 Å². The molecule has 0 aliphatic rings. The molecule has 0 aliphatic heterocycles. The zero-order valence-corrected chi connectivity index (χ0v) is 24.8. The quantitative estimate of drug-likeness (QED) is 0.0934. The summed E-state index contributed by atoms with van der Waals surface area (Å²) in [6, 6.07) is 0.410. The van der Waals surface area contributed by atoms with Crippen molar-refractivity contribution in [3.05, 3.63) is 12.3 Å². The van der Waals surface area contributed by atoms with Gasteiger partial charge in [-0.1, -0.05) is 137 Å². The molecule has 0 fully saturated rings. The topological polar surface area (TPSA) is 29.5 Å². The Hall–Kier alpha value is -0.990. The summed E-state index contributed by atoms with van der Waals surface area (Å²) in [4.78, 5) is 15.7. The molecular formula is C32H63NO2. The summed E-state index contributed by atoms with van der Waals surface area (Å²) in [5.41, 5.74) is -0.268. The van der Waals surface area contributed by atoms with Crippen molar-refractivity contribution < 1.29 is 9.53 Å². The van der Waals surface area contributed by atoms with Crippen LogP contribution in [-0.4, -0.2) is 30.5 Å². The summed E-state index contributed by atoms with van der Waals surface area (Å²) >= 11 is 0. The molecule has 3 heteroatoms. The van der Waals surface area contributed by atoms with E-state index in [1.54, 1.807) is 0 Å². The molecule has 0 atom stereocenters. The average Bonchev–Trinajstić information content (AvgIpc) is 2.84. The summed E-state index contributed by atoms with van der Waals surface area (Å²) in [5.74, 6) is 0.354. The standard InChI is InChI=1S/C32H63NO2/c1-7-10-13-15-17-21-25-30(26-22-18-16-14-11-8-2)33(6)31(34)32(4,5)27-23-19-20-24-29-35-28-12-9-3/h12,28,30H,7-11,13-27,29H2,1-6H3/b28-12+. The molecule has 0 bridgehead atoms. The first-order valence-electron chi connectivity index (χ1n) is 15.4. The first kappa shape index (κ1) is 34.0. The fourth-order valence-electron chi connectivity index (χ4n) is 4.94. The smallest absolute Gasteiger partial charge is 0.228 e. The van der Waals surface area contributed by atoms with E-state index in [0.29, 0.717) is 11.9 Å². The van der Waals surface area contributed by atoms with E-state index in [9.17, 15) is 4.79 Å². The maximum Gasteiger partial charge on any atom is 0.228 e. The molecular weight excluding hydrogens is 430 g/mol. The van der Waals surface area contributed by atoms with E-state index in [1.165, 1.54) is 103 Å². The predicted octanol–water partition coefficient (Wildman–Crippen LogP) is 10.2. The molecule has 35 heavy (non-hydrogen) atoms. The van der Waals surface area contributed by atoms with Crippen molar-refractivity contribution in [2.75, 3.05) is 13.7 Å². The second kappa shape index (κ2) is 23.4. The van der Waals surface area contributed by atoms with Crippen LogP contribution in [0.1, 0.15) is 163 Å². The SMILES string of the molecule is CC/C=C/OCCCCCCC(C)(C)C(=O)N(C)C(CCCCCCCC)CCCCCCCC. The van der Waals surface area contributed by atoms with Crippen LogP contribution in [0.25, 0.3) is 0 Å². The van der Waals surface area contributed by atoms with Crippen LogP contribution in [0.2, 0.25) is 0 Å². The van der Waals surface area contributed by atoms with Gasteiger partial charge in [0, 0.05) is 18.5 Å². The van der Waals surface area contributed by atoms with Crippen molar-refractivity contribution in [1.29, 1.82) is 0 Å². The highest BCUT2D eigenvalue weighted by atomic mass is 16.5. The fourth-order valence-corrected chi connectivity index (χ4v) is 4.94. The molecule has 0 unspecified atom stereocenters. The maximum atomic E-state index is 13.5. The molecule has 1 amide bonds. The third kappa shape index (κ3) is 18.9. The van der Waals surface area contributed by atoms with Crippen LogP contribution in [0.4, 0.5) is 0 Å². The number of allylic oxidation sites excluding steroid dienone is 1. The lowest BCUT2D eigenvalue weighted by Crippen LogP contribution is -2.44. The lowest BCUT2D eigenvalue weighted by molar-refractivity contribution is -0.142. The predicted molar refractivity (Wildman–Crippen MR) is 155 cm³/mol. The monoisotopic (exact) mass is 493 g/mol. The Bertz CT molecular complexity index is 484. The average molecular weight is 494 g/mol. The molecule has 0 spiro atoms. The molecule has 0 heterocycles. The van der Waals surface area contributed by atoms with Gasteiger partial charge in [-0.25, -0.2) is 0 Å². The molecule has 0 aromatic carbocycles. The first-order valence-corrected chi connectivity index (χ1v) is 15.4. The Morgan fingerprint density at radius 3 is 1.77 bits per heavy atom. The second-order valence-corrected chi connectivity index (χ2v) is 11.4. The van der Waals surface area contributed by atoms with Gasteiger partial charge in [0.2, 0.25) is 5.91 Å². The number of carbonyl (C=O) groups is 1. The summed E-state index contributed by atoms with van der Waals surface area (Å²) in [6.45, 7) is 11.8. The van der Waals surface area contributed by atoms with Crippen LogP contribution in [0.15, 0.2) is 12.3 Å². The van der Waals surface area contributed by atoms with Crippen molar-refractivity contribution in [3.8, 4) is 0 Å². The van der Waals surface area contributed by atoms with Crippen LogP contribution in [-0.2, 0) is 9.53 Å². The molecule has 0 aromatic heterocycles. The number of rotatable bonds is 25. The third-order valence-electron chi connectivity index (χ3n) is 7.47. The van der Waals surface area contributed by atoms with Crippen molar-refractivity contribution in [2.45, 2.75) is 169 Å². The minimum atomic E-state index is -0.268. The minimum absolute atomic E-state index is 0.268. The third-order valence-corrected chi connectivity index (χ3v) is 7.47. The van der Waals surface area contributed by atoms with Gasteiger partial charge in [0.15, 0.2) is 0 Å². The van der Waals surface area contributed by atoms with Gasteiger partial charge in [0.1, 0.15) is 0 Å². The van der Waals surface area contributed by atoms with Gasteiger partial charge < -0.3 is 9.64 Å². The van der Waals surface area contributed by atoms with E-state index in [4.69, 9.17) is 4.74 Å². The summed E-state index contributed by atoms with van der Waals surface area (Å²) in [5, 5.41) is 0. The Morgan fingerprint density at radius 2 is 1.23 bits per heavy atom. The molecule has 0 saturated heterocycles. The zero-order valence-electron chi connectivity index (χ0n) is 24.8. The lowest BCUT2D eigenvalue weighted by Gasteiger charge is -2.35. The summed E-state index contributed by atoms with van der Waals surface area (Å²) in [7, 11) is 2.09. The lowest BCUT2D eigenvalue weighted by atomic mass is 9.84. The number of hydrogen-bond donors (Lipinski definition) is 0. The summed E-state index contributed by atoms with van der Waals surface area (Å²) < 4.78 is 5.50. The first-order chi connectivity index (χ1) is 16.9. The van der Waals surface area contributed by atoms with Crippen LogP contribution in [0, 0.1) is 5.41 Å². The molecule has 3 nitrogen and oxygen atoms in total. The highest BCUT2D eigenvalue weighted by molar-refractivity contribution is 5.82. The van der Waals surface area contributed by atoms with Gasteiger partial charge in [-0.05, 0) is 32.1 Å². The Kier molecular flexibility index (Phi) is 22.7. The highest BCUT2D eigenvalue weighted by Gasteiger charge is 2.32. The second-order valence-electron chi connectivity index (χ2n) is 11.4. The van der Waals surface area contributed by atoms with Crippen LogP contribution < -0.4 is 0 Å². The largest absolute Gasteiger partial charge is 0.502 e. The van der Waals surface area contributed by atoms with E-state index in [2.05, 4.69) is 52.6 Å². The van der Waals surface area contributed by atoms with Gasteiger partial charge in [-0.15, -0.1) is 0 Å². The van der Waals surface area contributed by atoms with Gasteiger partial charge in [0.25, 0.3) is 0 Å². The number of amides is 1. The van der Waals surface area contributed by atoms with E-state index in [1.807, 2.05) is 6.26 Å². The number of nitrogens with zero attached hydrogens (tertiary/aromatic N) is 1. The zero-order chi connectivity index (χ0) is 26.2. The van der Waals surface area contributed by atoms with Crippen molar-refractivity contribution in [1.82, 2.24) is 4.90 Å². The molecule has 208 valence electrons. The Morgan fingerprint density at radius 1 is 0.743 bits per heavy atom. The molecule has 0 aliphatic carbocycles. The molecule has 0 radical (unpaired) electrons. The van der Waals surface area contributed by atoms with E-state index >= 15 is 0 Å². The molecule has 0 rings (SSSR count). The molecule has 0 saturated carbocycles. The van der Waals surface area contributed by atoms with Crippen molar-refractivity contribution >= 4 is 5.91 Å². The Balaban J connectivity index is 4.54. The van der Waals surface area contributed by atoms with Gasteiger partial charge in [0.05, 0.1) is 12.9 Å². The van der Waals surface area contributed by atoms with E-state index in [-0.39, 0.29) is 5.41 Å². The molecule has 0 N–H and O–H groups in total. The Labute approximate surface area is 220 Å². The van der Waals surface area contributed by atoms with Crippen molar-refractivity contribution in [2.24, 2.45) is 5.41 Å². The molecule has 0 aromatic rings. The summed E-state index contributed by atoms with van der Waals surface area (Å²) in [6.07, 6.45) is 28.7. The van der Waals surface area contributed by atoms with Gasteiger partial charge in [-0.2, -0.15) is 0 Å². The number of unbranched alkanes of at least 4 members (excludes halogenated alkanes) is 13. The number of carbonyl (C=O) groups excluding carboxylic acids is 1. The normalized spacial score (nSPS) is 12.1. The van der Waals surface area contributed by atoms with Crippen LogP contribution >= 0.6 is 0 Å². The number of ether oxygens (including phenoxy) is 1. The number of hydrogen-bond acceptors (Lipinski definition) is 2. The van der Waals surface area contributed by atoms with Crippen molar-refractivity contribution in [3.63, 3.8) is 0 Å². The van der Waals surface area contributed by atoms with Gasteiger partial charge >= 0.3 is 0 Å². The van der Waals surface area contributed by atoms with Crippen LogP contribution in [0.5, 0.6) is 0 Å². The fraction of sp³-hybridized carbons (Fsp3) is 0.906. The maximum absolute atomic E-state index is 13.5. The van der Waals surface area contributed by atoms with Crippen LogP contribution in [0.3, 0.4) is 0 Å². The highest BCUT2D eigenvalue weighted by Crippen LogP contribution is 2.29. The van der Waals surface area contributed by atoms with Gasteiger partial charge in [-0.3, -0.25) is 4.79 Å².